The van der Waals surface area contributed by atoms with Gasteiger partial charge in [0, 0.05) is 88.5 Å². The number of ether oxygens (including phenoxy) is 4. The van der Waals surface area contributed by atoms with E-state index in [2.05, 4.69) is 19.2 Å². The lowest BCUT2D eigenvalue weighted by molar-refractivity contribution is -0.385. The fraction of sp³-hybridized carbons (Fsp3) is 0.495. The van der Waals surface area contributed by atoms with E-state index in [4.69, 9.17) is 47.7 Å². The molecule has 0 aromatic heterocycles. The number of nitrogens with one attached hydrogen (secondary N) is 2. The summed E-state index contributed by atoms with van der Waals surface area (Å²) >= 11 is 10.2. The van der Waals surface area contributed by atoms with Crippen LogP contribution >= 0.6 is 59.3 Å². The van der Waals surface area contributed by atoms with E-state index in [0.717, 1.165) is 204 Å². The van der Waals surface area contributed by atoms with E-state index < -0.39 is 66.8 Å². The van der Waals surface area contributed by atoms with E-state index in [0.29, 0.717) is 102 Å². The van der Waals surface area contributed by atoms with Crippen LogP contribution in [0.25, 0.3) is 22.3 Å². The molecule has 5 atom stereocenters. The highest BCUT2D eigenvalue weighted by Crippen LogP contribution is 2.53. The number of alkyl halides is 4. The molecule has 2 aliphatic heterocycles. The van der Waals surface area contributed by atoms with Crippen LogP contribution in [0.15, 0.2) is 183 Å². The summed E-state index contributed by atoms with van der Waals surface area (Å²) in [7, 11) is -5.74. The number of aliphatic imine (C=N–C) groups is 2. The number of aliphatic hydroxyl groups is 1. The number of nitrogens with zero attached hydrogens (tertiary/aromatic N) is 3. The molecule has 6 aromatic carbocycles. The van der Waals surface area contributed by atoms with Gasteiger partial charge in [0.25, 0.3) is 5.69 Å². The molecule has 22 nitrogen and oxygen atoms in total. The van der Waals surface area contributed by atoms with Crippen molar-refractivity contribution in [1.29, 1.82) is 5.41 Å². The molecule has 1 amide bonds. The molecule has 7 N–H and O–H groups in total. The number of fused-ring (bicyclic) bond motifs is 2. The van der Waals surface area contributed by atoms with Gasteiger partial charge in [-0.3, -0.25) is 40.4 Å². The van der Waals surface area contributed by atoms with Gasteiger partial charge in [0.05, 0.1) is 48.0 Å². The molecule has 10 aliphatic rings. The van der Waals surface area contributed by atoms with E-state index in [9.17, 15) is 87.1 Å². The molecule has 0 saturated heterocycles. The lowest BCUT2D eigenvalue weighted by Crippen LogP contribution is -2.45. The first-order chi connectivity index (χ1) is 68.3. The van der Waals surface area contributed by atoms with Crippen LogP contribution in [0.1, 0.15) is 282 Å². The van der Waals surface area contributed by atoms with Crippen molar-refractivity contribution < 1.29 is 106 Å². The molecule has 144 heavy (non-hydrogen) atoms. The van der Waals surface area contributed by atoms with Crippen LogP contribution in [0.4, 0.5) is 50.0 Å². The molecule has 3 saturated carbocycles. The standard InChI is InChI=1S/C19H24FN3O4S.C15H17FO2.2C14H17FN2S.C13H14ClF.C13H15FO.C10H13F3O5S.C9H14O3.ClH.H2/c1-18(2,3)27-17(24)21-16-22-19(9-5-4-6-12(19)11-28-16)14-10-13(23(25)26)7-8-15(14)20;1-2-18-15(17)13-9-4-3-7-11(13)12-8-5-6-10-14(12)16;15-12-7-2-1-6-11(12)14-8-4-3-5-10(14)9-18-13(16)17-14;15-13-8-4-3-7-12(13)11-6-2-1-5-10(11)9-18-14(16)17;14-9-10-5-1-2-6-11(10)12-7-3-4-8-13(12)15;14-13-8-4-3-7-12(13)11-6-2-1-5-10(11)9-15;1-2-17-9(14)7-5-3-4-6-8(7)18-19(15,16)10(11,12)13;1-2-12-9(11)7-5-3-4-6-8(7)10;;/h7-8,10,12H,4-6,9,11H2,1-3H3,(H,21,22,24);5-6,8,10H,2-4,7,9H2,1H3;1-2,6-7,10H,3-5,8-9H2,(H2,16,17);3-4,7-8H,1-2,5-6,9H2,(H3,16,17);3-4,7-8H,1-2,5-6,9H2;3-4,7-8,15H,1-2,5-6,9H2;2-6H2,1H3;7H,2-6H2,1H3;2*1H/t12-,19?;;10-,14?;;;;;;;/m0.0......./s1. The highest BCUT2D eigenvalue weighted by atomic mass is 35.5. The van der Waals surface area contributed by atoms with E-state index in [1.165, 1.54) is 90.8 Å². The number of aliphatic hydroxyl groups excluding tert-OH is 1. The second kappa shape index (κ2) is 58.6. The van der Waals surface area contributed by atoms with Crippen LogP contribution in [-0.2, 0) is 63.5 Å². The van der Waals surface area contributed by atoms with Crippen LogP contribution in [0.5, 0.6) is 0 Å². The first kappa shape index (κ1) is 119. The van der Waals surface area contributed by atoms with Gasteiger partial charge in [-0.2, -0.15) is 21.6 Å². The second-order valence-electron chi connectivity index (χ2n) is 36.7. The third-order valence-electron chi connectivity index (χ3n) is 26.0. The Morgan fingerprint density at radius 1 is 0.556 bits per heavy atom. The number of amides is 1. The van der Waals surface area contributed by atoms with Crippen molar-refractivity contribution in [1.82, 2.24) is 5.32 Å². The maximum atomic E-state index is 14.8. The maximum Gasteiger partial charge on any atom is 0.534 e. The molecule has 3 unspecified atom stereocenters. The Bertz CT molecular complexity index is 5690. The van der Waals surface area contributed by atoms with E-state index in [1.807, 2.05) is 42.5 Å². The van der Waals surface area contributed by atoms with E-state index in [1.54, 1.807) is 94.9 Å². The number of hydrogen-bond acceptors (Lipinski definition) is 22. The Kier molecular flexibility index (Phi) is 48.5. The first-order valence-corrected chi connectivity index (χ1v) is 53.9. The number of allylic oxidation sites excluding steroid dienone is 6. The zero-order chi connectivity index (χ0) is 104. The van der Waals surface area contributed by atoms with Gasteiger partial charge in [-0.1, -0.05) is 170 Å². The number of amidine groups is 3. The number of nitro benzene ring substituents is 1. The minimum absolute atomic E-state index is 0. The van der Waals surface area contributed by atoms with Gasteiger partial charge in [-0.15, -0.1) is 24.0 Å². The number of benzene rings is 6. The molecular weight excluding hydrogens is 1990 g/mol. The lowest BCUT2D eigenvalue weighted by Gasteiger charge is -2.44. The Morgan fingerprint density at radius 2 is 0.979 bits per heavy atom. The van der Waals surface area contributed by atoms with Crippen LogP contribution in [0.3, 0.4) is 0 Å². The third kappa shape index (κ3) is 34.3. The highest BCUT2D eigenvalue weighted by Gasteiger charge is 2.51. The summed E-state index contributed by atoms with van der Waals surface area (Å²) in [4.78, 5) is 78.0. The first-order valence-electron chi connectivity index (χ1n) is 49.0. The molecule has 6 aromatic rings. The van der Waals surface area contributed by atoms with Crippen LogP contribution in [0.2, 0.25) is 0 Å². The van der Waals surface area contributed by atoms with Gasteiger partial charge in [0.15, 0.2) is 15.5 Å². The topological polar surface area (TPSA) is 342 Å². The molecule has 0 spiro atoms. The van der Waals surface area contributed by atoms with Crippen LogP contribution in [-0.4, -0.2) is 124 Å². The summed E-state index contributed by atoms with van der Waals surface area (Å²) in [6, 6.07) is 38.0. The van der Waals surface area contributed by atoms with Crippen molar-refractivity contribution in [3.63, 3.8) is 0 Å². The van der Waals surface area contributed by atoms with Gasteiger partial charge < -0.3 is 39.7 Å². The molecule has 8 aliphatic carbocycles. The SMILES string of the molecule is CC(C)(C)OC(=O)NC1=NC2(c3cc([N+](=O)[O-])ccc3F)CCCC[C@H]2CS1.CCOC(=O)C1=C(OS(=O)(=O)C(F)(F)F)CCCC1.CCOC(=O)C1=C(c2ccccc2F)CCCC1.CCOC(=O)C1CCCCC1=O.Cl.Fc1ccccc1C1=C(CCl)CCCC1.N=C(N)SCC1=C(c2ccccc2F)CCCC1.NC1=NC2(c3ccccc3F)CCCC[C@H]2CS1.OCC1=C(c2ccccc2F)CCCC1.[HH]. The quantitative estimate of drug-likeness (QED) is 0.00430. The number of alkyl carbamates (subject to hydrolysis) is 1. The molecular formula is C107H134Cl2F9N7O15S4. The van der Waals surface area contributed by atoms with Gasteiger partial charge in [0.2, 0.25) is 0 Å². The van der Waals surface area contributed by atoms with Crippen molar-refractivity contribution in [2.45, 2.75) is 269 Å². The maximum absolute atomic E-state index is 14.8. The number of rotatable bonds is 19. The largest absolute Gasteiger partial charge is 0.534 e. The minimum atomic E-state index is -5.74. The van der Waals surface area contributed by atoms with Crippen molar-refractivity contribution in [3.05, 3.63) is 252 Å². The molecule has 3 fully saturated rings. The summed E-state index contributed by atoms with van der Waals surface area (Å²) in [6.45, 7) is 11.2. The molecule has 0 bridgehead atoms. The normalized spacial score (nSPS) is 20.5. The summed E-state index contributed by atoms with van der Waals surface area (Å²) in [5.74, 6) is -0.408. The number of esters is 3. The molecule has 788 valence electrons. The summed E-state index contributed by atoms with van der Waals surface area (Å²) in [5.41, 5.74) is 15.3. The second-order valence-corrected chi connectivity index (χ2v) is 41.6. The average Bonchev–Trinajstić information content (AvgIpc) is 0.734. The lowest BCUT2D eigenvalue weighted by atomic mass is 9.69. The summed E-state index contributed by atoms with van der Waals surface area (Å²) in [6.07, 6.45) is 27.1. The average molecular weight is 2130 g/mol. The van der Waals surface area contributed by atoms with Crippen molar-refractivity contribution in [2.75, 3.05) is 49.6 Å². The number of carbonyl (C=O) groups is 5. The fourth-order valence-corrected chi connectivity index (χ4v) is 22.8. The van der Waals surface area contributed by atoms with Gasteiger partial charge in [-0.05, 0) is 278 Å². The number of hydrogen-bond donors (Lipinski definition) is 5. The van der Waals surface area contributed by atoms with Crippen LogP contribution < -0.4 is 16.8 Å². The molecule has 16 rings (SSSR count). The number of thioether (sulfide) groups is 3. The van der Waals surface area contributed by atoms with Gasteiger partial charge >= 0.3 is 39.6 Å². The smallest absolute Gasteiger partial charge is 0.465 e. The number of ketones is 1. The zero-order valence-corrected chi connectivity index (χ0v) is 87.1. The number of nitrogens with two attached hydrogens (primary N) is 2. The Labute approximate surface area is 863 Å². The number of nitro groups is 1. The van der Waals surface area contributed by atoms with E-state index in [-0.39, 0.29) is 115 Å². The Hall–Kier alpha value is -9.91. The minimum Gasteiger partial charge on any atom is -0.465 e. The van der Waals surface area contributed by atoms with Crippen molar-refractivity contribution >= 4 is 143 Å². The summed E-state index contributed by atoms with van der Waals surface area (Å²) in [5, 5.41) is 31.5. The highest BCUT2D eigenvalue weighted by molar-refractivity contribution is 8.14. The summed E-state index contributed by atoms with van der Waals surface area (Å²) < 4.78 is 166. The number of carbonyl (C=O) groups excluding carboxylic acids is 5. The number of halogens is 11. The monoisotopic (exact) mass is 2130 g/mol. The van der Waals surface area contributed by atoms with Crippen molar-refractivity contribution in [3.8, 4) is 0 Å². The Morgan fingerprint density at radius 3 is 1.47 bits per heavy atom. The molecule has 2 heterocycles. The zero-order valence-electron chi connectivity index (χ0n) is 82.3. The predicted molar refractivity (Wildman–Crippen MR) is 557 cm³/mol. The Balaban J connectivity index is 0.000000227. The number of Topliss-reactive ketones (excluding diaryl/α,β-unsaturated/α-hetero) is 1. The third-order valence-corrected chi connectivity index (χ3v) is 30.1. The van der Waals surface area contributed by atoms with Crippen molar-refractivity contribution in [2.24, 2.45) is 39.2 Å². The van der Waals surface area contributed by atoms with Gasteiger partial charge in [0.1, 0.15) is 58.0 Å². The fourth-order valence-electron chi connectivity index (χ4n) is 19.1. The van der Waals surface area contributed by atoms with Crippen LogP contribution in [0, 0.1) is 68.2 Å². The van der Waals surface area contributed by atoms with E-state index >= 15 is 0 Å². The molecule has 37 heteroatoms. The number of non-ortho nitro benzene ring substituents is 1. The molecule has 0 radical (unpaired) electrons. The van der Waals surface area contributed by atoms with Gasteiger partial charge in [-0.25, -0.2) is 40.7 Å². The predicted octanol–water partition coefficient (Wildman–Crippen LogP) is 27.3.